The molecule has 1 aliphatic carbocycles. The van der Waals surface area contributed by atoms with Gasteiger partial charge in [0.15, 0.2) is 5.16 Å². The lowest BCUT2D eigenvalue weighted by Crippen LogP contribution is -2.42. The van der Waals surface area contributed by atoms with Crippen molar-refractivity contribution in [3.63, 3.8) is 0 Å². The summed E-state index contributed by atoms with van der Waals surface area (Å²) >= 11 is 1.36. The predicted octanol–water partition coefficient (Wildman–Crippen LogP) is 4.97. The van der Waals surface area contributed by atoms with Gasteiger partial charge in [-0.1, -0.05) is 60.9 Å². The fourth-order valence-electron chi connectivity index (χ4n) is 4.26. The highest BCUT2D eigenvalue weighted by Gasteiger charge is 2.27. The lowest BCUT2D eigenvalue weighted by Gasteiger charge is -2.32. The molecule has 1 atom stereocenters. The summed E-state index contributed by atoms with van der Waals surface area (Å²) in [7, 11) is 1.91. The molecule has 4 rings (SSSR count). The van der Waals surface area contributed by atoms with Crippen LogP contribution in [0.3, 0.4) is 0 Å². The topological polar surface area (TPSA) is 55.2 Å². The molecule has 162 valence electrons. The molecule has 1 amide bonds. The van der Waals surface area contributed by atoms with E-state index in [0.29, 0.717) is 22.1 Å². The van der Waals surface area contributed by atoms with Gasteiger partial charge < -0.3 is 4.90 Å². The molecule has 6 heteroatoms. The van der Waals surface area contributed by atoms with Crippen molar-refractivity contribution in [2.24, 2.45) is 0 Å². The largest absolute Gasteiger partial charge is 0.342 e. The number of amides is 1. The second-order valence-corrected chi connectivity index (χ2v) is 9.70. The highest BCUT2D eigenvalue weighted by Crippen LogP contribution is 2.28. The minimum atomic E-state index is -0.336. The summed E-state index contributed by atoms with van der Waals surface area (Å²) in [6.07, 6.45) is 5.77. The summed E-state index contributed by atoms with van der Waals surface area (Å²) in [6.45, 7) is 3.93. The van der Waals surface area contributed by atoms with E-state index in [1.54, 1.807) is 10.6 Å². The molecule has 0 spiro atoms. The fourth-order valence-corrected chi connectivity index (χ4v) is 5.28. The van der Waals surface area contributed by atoms with Crippen LogP contribution >= 0.6 is 11.8 Å². The molecule has 1 saturated carbocycles. The molecule has 0 bridgehead atoms. The maximum absolute atomic E-state index is 13.4. The first-order chi connectivity index (χ1) is 15.0. The molecule has 0 N–H and O–H groups in total. The van der Waals surface area contributed by atoms with Crippen LogP contribution in [-0.2, 0) is 4.79 Å². The number of carbonyl (C=O) groups is 1. The molecule has 3 aromatic rings. The fraction of sp³-hybridized carbons (Fsp3) is 0.400. The molecule has 2 aromatic carbocycles. The monoisotopic (exact) mass is 435 g/mol. The number of para-hydroxylation sites is 1. The molecule has 1 aromatic heterocycles. The van der Waals surface area contributed by atoms with Crippen LogP contribution in [-0.4, -0.2) is 38.7 Å². The number of thioether (sulfide) groups is 1. The predicted molar refractivity (Wildman–Crippen MR) is 127 cm³/mol. The molecule has 0 radical (unpaired) electrons. The molecule has 1 aliphatic rings. The Kier molecular flexibility index (Phi) is 6.46. The van der Waals surface area contributed by atoms with Crippen molar-refractivity contribution in [1.29, 1.82) is 0 Å². The Bertz CT molecular complexity index is 1130. The third-order valence-electron chi connectivity index (χ3n) is 6.14. The second kappa shape index (κ2) is 9.27. The second-order valence-electron chi connectivity index (χ2n) is 8.39. The van der Waals surface area contributed by atoms with Crippen molar-refractivity contribution in [2.75, 3.05) is 7.05 Å². The first kappa shape index (κ1) is 21.6. The van der Waals surface area contributed by atoms with E-state index in [-0.39, 0.29) is 16.7 Å². The van der Waals surface area contributed by atoms with Crippen LogP contribution in [0.15, 0.2) is 58.5 Å². The van der Waals surface area contributed by atoms with Crippen molar-refractivity contribution in [1.82, 2.24) is 14.5 Å². The Balaban J connectivity index is 1.70. The number of hydrogen-bond donors (Lipinski definition) is 0. The van der Waals surface area contributed by atoms with Crippen LogP contribution in [0.1, 0.15) is 44.6 Å². The quantitative estimate of drug-likeness (QED) is 0.420. The zero-order valence-electron chi connectivity index (χ0n) is 18.4. The van der Waals surface area contributed by atoms with Crippen LogP contribution in [0.2, 0.25) is 0 Å². The van der Waals surface area contributed by atoms with Crippen molar-refractivity contribution in [2.45, 2.75) is 62.4 Å². The van der Waals surface area contributed by atoms with Gasteiger partial charge in [0.25, 0.3) is 5.56 Å². The van der Waals surface area contributed by atoms with Crippen molar-refractivity contribution >= 4 is 28.6 Å². The van der Waals surface area contributed by atoms with Crippen molar-refractivity contribution < 1.29 is 4.79 Å². The van der Waals surface area contributed by atoms with Crippen LogP contribution in [0, 0.1) is 6.92 Å². The van der Waals surface area contributed by atoms with Crippen molar-refractivity contribution in [3.05, 3.63) is 64.4 Å². The van der Waals surface area contributed by atoms with Gasteiger partial charge in [-0.05, 0) is 51.0 Å². The Morgan fingerprint density at radius 1 is 1.10 bits per heavy atom. The normalized spacial score (nSPS) is 15.7. The Hall–Kier alpha value is -2.60. The minimum Gasteiger partial charge on any atom is -0.342 e. The van der Waals surface area contributed by atoms with E-state index in [4.69, 9.17) is 4.98 Å². The molecule has 1 heterocycles. The van der Waals surface area contributed by atoms with Gasteiger partial charge in [-0.2, -0.15) is 0 Å². The lowest BCUT2D eigenvalue weighted by molar-refractivity contribution is -0.131. The van der Waals surface area contributed by atoms with Crippen LogP contribution in [0.5, 0.6) is 0 Å². The van der Waals surface area contributed by atoms with E-state index >= 15 is 0 Å². The van der Waals surface area contributed by atoms with Crippen LogP contribution in [0.25, 0.3) is 16.6 Å². The Labute approximate surface area is 187 Å². The SMILES string of the molecule is Cc1ccc(-n2c(SC(C)C(=O)N(C)C3CCCCC3)nc3ccccc3c2=O)cc1. The van der Waals surface area contributed by atoms with Gasteiger partial charge in [0, 0.05) is 13.1 Å². The van der Waals surface area contributed by atoms with E-state index in [9.17, 15) is 9.59 Å². The van der Waals surface area contributed by atoms with Gasteiger partial charge >= 0.3 is 0 Å². The molecule has 1 fully saturated rings. The maximum atomic E-state index is 13.4. The zero-order valence-corrected chi connectivity index (χ0v) is 19.2. The van der Waals surface area contributed by atoms with Gasteiger partial charge in [0.1, 0.15) is 0 Å². The summed E-state index contributed by atoms with van der Waals surface area (Å²) in [4.78, 5) is 33.3. The highest BCUT2D eigenvalue weighted by molar-refractivity contribution is 8.00. The Morgan fingerprint density at radius 2 is 1.77 bits per heavy atom. The van der Waals surface area contributed by atoms with Crippen LogP contribution < -0.4 is 5.56 Å². The summed E-state index contributed by atoms with van der Waals surface area (Å²) in [5.74, 6) is 0.0924. The summed E-state index contributed by atoms with van der Waals surface area (Å²) < 4.78 is 1.64. The lowest BCUT2D eigenvalue weighted by atomic mass is 9.94. The van der Waals surface area contributed by atoms with Gasteiger partial charge in [0.2, 0.25) is 5.91 Å². The number of aryl methyl sites for hydroxylation is 1. The summed E-state index contributed by atoms with van der Waals surface area (Å²) in [6, 6.07) is 15.5. The molecular weight excluding hydrogens is 406 g/mol. The van der Waals surface area contributed by atoms with Crippen molar-refractivity contribution in [3.8, 4) is 5.69 Å². The number of hydrogen-bond acceptors (Lipinski definition) is 4. The molecular formula is C25H29N3O2S. The third-order valence-corrected chi connectivity index (χ3v) is 7.18. The van der Waals surface area contributed by atoms with E-state index in [1.807, 2.05) is 68.3 Å². The van der Waals surface area contributed by atoms with Gasteiger partial charge in [0.05, 0.1) is 21.8 Å². The zero-order chi connectivity index (χ0) is 22.0. The first-order valence-corrected chi connectivity index (χ1v) is 11.9. The third kappa shape index (κ3) is 4.54. The number of rotatable bonds is 5. The van der Waals surface area contributed by atoms with Crippen LogP contribution in [0.4, 0.5) is 0 Å². The smallest absolute Gasteiger partial charge is 0.266 e. The van der Waals surface area contributed by atoms with Gasteiger partial charge in [-0.3, -0.25) is 14.2 Å². The summed E-state index contributed by atoms with van der Waals surface area (Å²) in [5.41, 5.74) is 2.42. The maximum Gasteiger partial charge on any atom is 0.266 e. The number of fused-ring (bicyclic) bond motifs is 1. The first-order valence-electron chi connectivity index (χ1n) is 11.0. The highest BCUT2D eigenvalue weighted by atomic mass is 32.2. The number of aromatic nitrogens is 2. The van der Waals surface area contributed by atoms with E-state index in [2.05, 4.69) is 0 Å². The summed E-state index contributed by atoms with van der Waals surface area (Å²) in [5, 5.41) is 0.785. The molecule has 5 nitrogen and oxygen atoms in total. The van der Waals surface area contributed by atoms with Gasteiger partial charge in [-0.25, -0.2) is 4.98 Å². The molecule has 1 unspecified atom stereocenters. The van der Waals surface area contributed by atoms with E-state index in [1.165, 1.54) is 31.0 Å². The van der Waals surface area contributed by atoms with E-state index < -0.39 is 0 Å². The standard InChI is InChI=1S/C25H29N3O2S/c1-17-13-15-20(16-14-17)28-24(30)21-11-7-8-12-22(21)26-25(28)31-18(2)23(29)27(3)19-9-5-4-6-10-19/h7-8,11-16,18-19H,4-6,9-10H2,1-3H3. The average Bonchev–Trinajstić information content (AvgIpc) is 2.80. The number of nitrogens with zero attached hydrogens (tertiary/aromatic N) is 3. The molecule has 31 heavy (non-hydrogen) atoms. The number of carbonyl (C=O) groups excluding carboxylic acids is 1. The van der Waals surface area contributed by atoms with Gasteiger partial charge in [-0.15, -0.1) is 0 Å². The Morgan fingerprint density at radius 3 is 2.48 bits per heavy atom. The molecule has 0 aliphatic heterocycles. The molecule has 0 saturated heterocycles. The van der Waals surface area contributed by atoms with E-state index in [0.717, 1.165) is 24.1 Å². The number of benzene rings is 2. The minimum absolute atomic E-state index is 0.0924. The average molecular weight is 436 g/mol.